The van der Waals surface area contributed by atoms with E-state index in [1.807, 2.05) is 66.7 Å². The van der Waals surface area contributed by atoms with E-state index in [4.69, 9.17) is 0 Å². The van der Waals surface area contributed by atoms with Crippen molar-refractivity contribution in [2.45, 2.75) is 0 Å². The highest BCUT2D eigenvalue weighted by Gasteiger charge is 2.06. The number of hydrogen-bond acceptors (Lipinski definition) is 4. The molecule has 0 atom stereocenters. The van der Waals surface area contributed by atoms with Crippen LogP contribution in [0.3, 0.4) is 0 Å². The van der Waals surface area contributed by atoms with Gasteiger partial charge < -0.3 is 5.32 Å². The summed E-state index contributed by atoms with van der Waals surface area (Å²) >= 11 is 0. The highest BCUT2D eigenvalue weighted by atomic mass is 16.1. The molecule has 1 heterocycles. The molecule has 0 aliphatic carbocycles. The first-order chi connectivity index (χ1) is 14.2. The van der Waals surface area contributed by atoms with Crippen LogP contribution in [0.15, 0.2) is 84.9 Å². The third kappa shape index (κ3) is 4.44. The molecule has 0 saturated carbocycles. The summed E-state index contributed by atoms with van der Waals surface area (Å²) in [6.07, 6.45) is 3.32. The maximum Gasteiger partial charge on any atom is 0.248 e. The van der Waals surface area contributed by atoms with Gasteiger partial charge >= 0.3 is 0 Å². The summed E-state index contributed by atoms with van der Waals surface area (Å²) in [7, 11) is 1.78. The minimum atomic E-state index is -0.190. The predicted molar refractivity (Wildman–Crippen MR) is 114 cm³/mol. The van der Waals surface area contributed by atoms with Gasteiger partial charge in [0.15, 0.2) is 5.82 Å². The molecule has 4 aromatic rings. The summed E-state index contributed by atoms with van der Waals surface area (Å²) in [4.78, 5) is 12.2. The first kappa shape index (κ1) is 18.3. The smallest absolute Gasteiger partial charge is 0.248 e. The summed E-state index contributed by atoms with van der Waals surface area (Å²) in [5.41, 5.74) is 4.86. The van der Waals surface area contributed by atoms with Gasteiger partial charge in [-0.05, 0) is 57.5 Å². The van der Waals surface area contributed by atoms with Gasteiger partial charge in [-0.25, -0.2) is 4.68 Å². The van der Waals surface area contributed by atoms with Gasteiger partial charge in [0.2, 0.25) is 5.91 Å². The van der Waals surface area contributed by atoms with Gasteiger partial charge in [0.05, 0.1) is 0 Å². The Labute approximate surface area is 168 Å². The second-order valence-corrected chi connectivity index (χ2v) is 6.51. The average molecular weight is 381 g/mol. The van der Waals surface area contributed by atoms with E-state index in [-0.39, 0.29) is 5.91 Å². The molecule has 0 aliphatic heterocycles. The molecule has 0 bridgehead atoms. The SMILES string of the molecule is Cn1nnnc1-c1ccc(NC(=O)/C=C/c2ccc(-c3ccccc3)cc2)cc1. The Bertz CT molecular complexity index is 1130. The van der Waals surface area contributed by atoms with Crippen LogP contribution in [0.4, 0.5) is 5.69 Å². The number of nitrogens with one attached hydrogen (secondary N) is 1. The van der Waals surface area contributed by atoms with Crippen molar-refractivity contribution in [3.05, 3.63) is 90.5 Å². The number of carbonyl (C=O) groups excluding carboxylic acids is 1. The molecule has 0 radical (unpaired) electrons. The second-order valence-electron chi connectivity index (χ2n) is 6.51. The largest absolute Gasteiger partial charge is 0.323 e. The van der Waals surface area contributed by atoms with Crippen molar-refractivity contribution in [1.82, 2.24) is 20.2 Å². The monoisotopic (exact) mass is 381 g/mol. The molecule has 1 amide bonds. The Morgan fingerprint density at radius 1 is 0.862 bits per heavy atom. The molecule has 0 fully saturated rings. The standard InChI is InChI=1S/C23H19N5O/c1-28-23(25-26-27-28)20-12-14-21(15-13-20)24-22(29)16-9-17-7-10-19(11-8-17)18-5-3-2-4-6-18/h2-16H,1H3,(H,24,29)/b16-9+. The summed E-state index contributed by atoms with van der Waals surface area (Å²) in [5.74, 6) is 0.479. The Kier molecular flexibility index (Phi) is 5.25. The maximum absolute atomic E-state index is 12.2. The lowest BCUT2D eigenvalue weighted by atomic mass is 10.0. The zero-order valence-corrected chi connectivity index (χ0v) is 15.9. The van der Waals surface area contributed by atoms with Crippen molar-refractivity contribution in [1.29, 1.82) is 0 Å². The van der Waals surface area contributed by atoms with Crippen molar-refractivity contribution >= 4 is 17.7 Å². The van der Waals surface area contributed by atoms with E-state index < -0.39 is 0 Å². The molecule has 6 nitrogen and oxygen atoms in total. The first-order valence-corrected chi connectivity index (χ1v) is 9.16. The number of rotatable bonds is 5. The molecule has 0 spiro atoms. The summed E-state index contributed by atoms with van der Waals surface area (Å²) in [6.45, 7) is 0. The first-order valence-electron chi connectivity index (χ1n) is 9.16. The molecule has 0 unspecified atom stereocenters. The predicted octanol–water partition coefficient (Wildman–Crippen LogP) is 4.20. The van der Waals surface area contributed by atoms with Crippen molar-refractivity contribution in [3.63, 3.8) is 0 Å². The number of nitrogens with zero attached hydrogens (tertiary/aromatic N) is 4. The van der Waals surface area contributed by atoms with E-state index in [0.29, 0.717) is 11.5 Å². The molecule has 3 aromatic carbocycles. The minimum absolute atomic E-state index is 0.190. The van der Waals surface area contributed by atoms with Crippen molar-refractivity contribution in [3.8, 4) is 22.5 Å². The number of amides is 1. The van der Waals surface area contributed by atoms with Gasteiger partial charge in [-0.3, -0.25) is 4.79 Å². The average Bonchev–Trinajstić information content (AvgIpc) is 3.20. The normalized spacial score (nSPS) is 10.9. The Morgan fingerprint density at radius 2 is 1.52 bits per heavy atom. The summed E-state index contributed by atoms with van der Waals surface area (Å²) in [6, 6.07) is 25.7. The van der Waals surface area contributed by atoms with E-state index in [1.165, 1.54) is 11.6 Å². The van der Waals surface area contributed by atoms with E-state index in [0.717, 1.165) is 16.7 Å². The van der Waals surface area contributed by atoms with E-state index in [1.54, 1.807) is 17.8 Å². The van der Waals surface area contributed by atoms with Crippen LogP contribution in [-0.4, -0.2) is 26.1 Å². The minimum Gasteiger partial charge on any atom is -0.323 e. The lowest BCUT2D eigenvalue weighted by molar-refractivity contribution is -0.111. The fourth-order valence-corrected chi connectivity index (χ4v) is 2.95. The van der Waals surface area contributed by atoms with E-state index >= 15 is 0 Å². The molecule has 0 aliphatic rings. The van der Waals surface area contributed by atoms with Crippen LogP contribution in [0.25, 0.3) is 28.6 Å². The van der Waals surface area contributed by atoms with Crippen LogP contribution in [0.2, 0.25) is 0 Å². The number of aromatic nitrogens is 4. The lowest BCUT2D eigenvalue weighted by Crippen LogP contribution is -2.07. The fraction of sp³-hybridized carbons (Fsp3) is 0.0435. The van der Waals surface area contributed by atoms with Crippen molar-refractivity contribution in [2.75, 3.05) is 5.32 Å². The number of hydrogen-bond donors (Lipinski definition) is 1. The zero-order valence-electron chi connectivity index (χ0n) is 15.9. The number of benzene rings is 3. The molecule has 1 aromatic heterocycles. The zero-order chi connectivity index (χ0) is 20.1. The van der Waals surface area contributed by atoms with Crippen molar-refractivity contribution in [2.24, 2.45) is 7.05 Å². The van der Waals surface area contributed by atoms with Crippen LogP contribution >= 0.6 is 0 Å². The number of anilines is 1. The topological polar surface area (TPSA) is 72.7 Å². The highest BCUT2D eigenvalue weighted by molar-refractivity contribution is 6.02. The molecule has 6 heteroatoms. The second kappa shape index (κ2) is 8.31. The fourth-order valence-electron chi connectivity index (χ4n) is 2.95. The van der Waals surface area contributed by atoms with Crippen molar-refractivity contribution < 1.29 is 4.79 Å². The molecule has 142 valence electrons. The Morgan fingerprint density at radius 3 is 2.17 bits per heavy atom. The molecule has 4 rings (SSSR count). The van der Waals surface area contributed by atoms with Crippen LogP contribution in [0, 0.1) is 0 Å². The van der Waals surface area contributed by atoms with Gasteiger partial charge in [0, 0.05) is 24.4 Å². The third-order valence-corrected chi connectivity index (χ3v) is 4.48. The molecular formula is C23H19N5O. The highest BCUT2D eigenvalue weighted by Crippen LogP contribution is 2.20. The lowest BCUT2D eigenvalue weighted by Gasteiger charge is -2.04. The number of carbonyl (C=O) groups is 1. The van der Waals surface area contributed by atoms with Gasteiger partial charge in [-0.1, -0.05) is 54.6 Å². The molecule has 1 N–H and O–H groups in total. The number of aryl methyl sites for hydroxylation is 1. The van der Waals surface area contributed by atoms with Gasteiger partial charge in [-0.2, -0.15) is 0 Å². The van der Waals surface area contributed by atoms with Gasteiger partial charge in [0.1, 0.15) is 0 Å². The van der Waals surface area contributed by atoms with Crippen LogP contribution in [-0.2, 0) is 11.8 Å². The van der Waals surface area contributed by atoms with Crippen LogP contribution < -0.4 is 5.32 Å². The summed E-state index contributed by atoms with van der Waals surface area (Å²) in [5, 5.41) is 14.3. The van der Waals surface area contributed by atoms with E-state index in [2.05, 4.69) is 33.0 Å². The van der Waals surface area contributed by atoms with E-state index in [9.17, 15) is 4.79 Å². The van der Waals surface area contributed by atoms with Crippen LogP contribution in [0.1, 0.15) is 5.56 Å². The summed E-state index contributed by atoms with van der Waals surface area (Å²) < 4.78 is 1.60. The molecule has 29 heavy (non-hydrogen) atoms. The Hall–Kier alpha value is -4.06. The molecular weight excluding hydrogens is 362 g/mol. The molecule has 0 saturated heterocycles. The number of tetrazole rings is 1. The van der Waals surface area contributed by atoms with Gasteiger partial charge in [0.25, 0.3) is 0 Å². The van der Waals surface area contributed by atoms with Crippen LogP contribution in [0.5, 0.6) is 0 Å². The quantitative estimate of drug-likeness (QED) is 0.526. The van der Waals surface area contributed by atoms with Gasteiger partial charge in [-0.15, -0.1) is 5.10 Å². The maximum atomic E-state index is 12.2. The Balaban J connectivity index is 1.38. The third-order valence-electron chi connectivity index (χ3n) is 4.48.